The van der Waals surface area contributed by atoms with Crippen LogP contribution in [0.3, 0.4) is 0 Å². The molecule has 190 valence electrons. The Morgan fingerprint density at radius 2 is 1.72 bits per heavy atom. The largest absolute Gasteiger partial charge is 0.465 e. The number of fused-ring (bicyclic) bond motifs is 2. The molecule has 0 radical (unpaired) electrons. The molecule has 1 heterocycles. The number of benzene rings is 2. The smallest absolute Gasteiger partial charge is 0.306 e. The van der Waals surface area contributed by atoms with Gasteiger partial charge in [-0.05, 0) is 66.0 Å². The minimum atomic E-state index is -0.862. The van der Waals surface area contributed by atoms with E-state index in [1.54, 1.807) is 12.1 Å². The highest BCUT2D eigenvalue weighted by Crippen LogP contribution is 2.52. The fourth-order valence-corrected chi connectivity index (χ4v) is 6.54. The van der Waals surface area contributed by atoms with Gasteiger partial charge in [0.05, 0.1) is 31.1 Å². The second-order valence-electron chi connectivity index (χ2n) is 10.8. The van der Waals surface area contributed by atoms with Crippen LogP contribution in [-0.2, 0) is 14.3 Å². The first-order valence-corrected chi connectivity index (χ1v) is 13.0. The van der Waals surface area contributed by atoms with Crippen molar-refractivity contribution in [3.63, 3.8) is 0 Å². The summed E-state index contributed by atoms with van der Waals surface area (Å²) in [6.45, 7) is 2.74. The van der Waals surface area contributed by atoms with Crippen LogP contribution >= 0.6 is 0 Å². The lowest BCUT2D eigenvalue weighted by Crippen LogP contribution is -2.31. The number of aliphatic hydroxyl groups excluding tert-OH is 1. The number of amides is 1. The molecule has 2 aromatic carbocycles. The second-order valence-corrected chi connectivity index (χ2v) is 10.8. The summed E-state index contributed by atoms with van der Waals surface area (Å²) >= 11 is 0. The number of hydrogen-bond donors (Lipinski definition) is 4. The molecule has 36 heavy (non-hydrogen) atoms. The SMILES string of the molecule is CC1C2CCC(C2)C1COC(=O)C[C@@H]1C[C@@H](C(O)c2ccc(-c3ccc(C(=N)N)cc3)cc2)NC1=O. The van der Waals surface area contributed by atoms with Gasteiger partial charge in [-0.1, -0.05) is 55.5 Å². The second kappa shape index (κ2) is 10.1. The average Bonchev–Trinajstić information content (AvgIpc) is 3.58. The number of aliphatic hydroxyl groups is 1. The third kappa shape index (κ3) is 4.89. The van der Waals surface area contributed by atoms with Crippen molar-refractivity contribution in [3.8, 4) is 11.1 Å². The maximum atomic E-state index is 12.5. The molecule has 2 aromatic rings. The van der Waals surface area contributed by atoms with Gasteiger partial charge in [0.25, 0.3) is 0 Å². The summed E-state index contributed by atoms with van der Waals surface area (Å²) in [5, 5.41) is 21.3. The van der Waals surface area contributed by atoms with Crippen LogP contribution < -0.4 is 11.1 Å². The van der Waals surface area contributed by atoms with Gasteiger partial charge >= 0.3 is 5.97 Å². The van der Waals surface area contributed by atoms with Crippen molar-refractivity contribution in [2.24, 2.45) is 35.3 Å². The summed E-state index contributed by atoms with van der Waals surface area (Å²) < 4.78 is 5.62. The Hall–Kier alpha value is -3.19. The Bertz CT molecular complexity index is 1130. The zero-order chi connectivity index (χ0) is 25.4. The number of rotatable bonds is 8. The molecule has 2 bridgehead atoms. The van der Waals surface area contributed by atoms with Gasteiger partial charge in [0.15, 0.2) is 0 Å². The number of carbonyl (C=O) groups excluding carboxylic acids is 2. The Labute approximate surface area is 211 Å². The van der Waals surface area contributed by atoms with E-state index in [2.05, 4.69) is 12.2 Å². The highest BCUT2D eigenvalue weighted by atomic mass is 16.5. The number of nitrogens with one attached hydrogen (secondary N) is 2. The molecule has 2 aliphatic carbocycles. The van der Waals surface area contributed by atoms with Crippen molar-refractivity contribution in [2.45, 2.75) is 51.2 Å². The van der Waals surface area contributed by atoms with Crippen LogP contribution in [0.1, 0.15) is 56.3 Å². The monoisotopic (exact) mass is 489 g/mol. The van der Waals surface area contributed by atoms with Gasteiger partial charge in [0, 0.05) is 5.56 Å². The van der Waals surface area contributed by atoms with E-state index in [1.807, 2.05) is 36.4 Å². The summed E-state index contributed by atoms with van der Waals surface area (Å²) in [5.41, 5.74) is 8.85. The minimum absolute atomic E-state index is 0.0282. The molecule has 1 amide bonds. The summed E-state index contributed by atoms with van der Waals surface area (Å²) in [4.78, 5) is 25.0. The number of nitrogen functional groups attached to an aromatic ring is 1. The maximum Gasteiger partial charge on any atom is 0.306 e. The van der Waals surface area contributed by atoms with Gasteiger partial charge in [-0.2, -0.15) is 0 Å². The zero-order valence-electron chi connectivity index (χ0n) is 20.7. The van der Waals surface area contributed by atoms with E-state index >= 15 is 0 Å². The maximum absolute atomic E-state index is 12.5. The van der Waals surface area contributed by atoms with Crippen LogP contribution in [-0.4, -0.2) is 35.5 Å². The molecule has 2 saturated carbocycles. The van der Waals surface area contributed by atoms with Gasteiger partial charge in [-0.3, -0.25) is 15.0 Å². The lowest BCUT2D eigenvalue weighted by atomic mass is 9.81. The van der Waals surface area contributed by atoms with Crippen LogP contribution in [0.2, 0.25) is 0 Å². The number of nitrogens with two attached hydrogens (primary N) is 1. The highest BCUT2D eigenvalue weighted by molar-refractivity contribution is 5.95. The molecule has 0 spiro atoms. The lowest BCUT2D eigenvalue weighted by molar-refractivity contribution is -0.148. The molecular weight excluding hydrogens is 454 g/mol. The molecule has 3 aliphatic rings. The van der Waals surface area contributed by atoms with Crippen molar-refractivity contribution in [1.29, 1.82) is 5.41 Å². The normalized spacial score (nSPS) is 29.7. The van der Waals surface area contributed by atoms with Crippen molar-refractivity contribution < 1.29 is 19.4 Å². The summed E-state index contributed by atoms with van der Waals surface area (Å²) in [6, 6.07) is 14.5. The molecule has 7 nitrogen and oxygen atoms in total. The number of amidine groups is 1. The standard InChI is InChI=1S/C29H35N3O4/c1-16-21-10-11-22(12-21)24(16)15-36-26(33)14-23-13-25(32-29(23)35)27(34)19-6-2-17(3-7-19)18-4-8-20(9-5-18)28(30)31/h2-9,16,21-25,27,34H,10-15H2,1H3,(H3,30,31)(H,32,35)/t16?,21?,22?,23-,24?,25-,27?/m0/s1. The molecule has 5 N–H and O–H groups in total. The molecule has 0 aromatic heterocycles. The number of esters is 1. The van der Waals surface area contributed by atoms with Crippen molar-refractivity contribution in [2.75, 3.05) is 6.61 Å². The number of ether oxygens (including phenoxy) is 1. The summed E-state index contributed by atoms with van der Waals surface area (Å²) in [5.74, 6) is 1.55. The number of hydrogen-bond acceptors (Lipinski definition) is 5. The molecule has 7 heteroatoms. The predicted molar refractivity (Wildman–Crippen MR) is 137 cm³/mol. The third-order valence-electron chi connectivity index (χ3n) is 8.79. The van der Waals surface area contributed by atoms with E-state index in [-0.39, 0.29) is 24.1 Å². The van der Waals surface area contributed by atoms with Gasteiger partial charge in [0.2, 0.25) is 5.91 Å². The van der Waals surface area contributed by atoms with Gasteiger partial charge in [-0.25, -0.2) is 0 Å². The zero-order valence-corrected chi connectivity index (χ0v) is 20.7. The fraction of sp³-hybridized carbons (Fsp3) is 0.483. The Kier molecular flexibility index (Phi) is 6.84. The number of carbonyl (C=O) groups is 2. The summed E-state index contributed by atoms with van der Waals surface area (Å²) in [6.07, 6.45) is 3.40. The van der Waals surface area contributed by atoms with Crippen LogP contribution in [0.5, 0.6) is 0 Å². The Balaban J connectivity index is 1.14. The van der Waals surface area contributed by atoms with Gasteiger partial charge in [-0.15, -0.1) is 0 Å². The predicted octanol–water partition coefficient (Wildman–Crippen LogP) is 3.79. The Morgan fingerprint density at radius 3 is 2.33 bits per heavy atom. The highest BCUT2D eigenvalue weighted by Gasteiger charge is 2.45. The van der Waals surface area contributed by atoms with Crippen molar-refractivity contribution in [3.05, 3.63) is 59.7 Å². The molecule has 1 aliphatic heterocycles. The third-order valence-corrected chi connectivity index (χ3v) is 8.79. The Morgan fingerprint density at radius 1 is 1.08 bits per heavy atom. The lowest BCUT2D eigenvalue weighted by Gasteiger charge is -2.27. The van der Waals surface area contributed by atoms with Crippen LogP contribution in [0.25, 0.3) is 11.1 Å². The average molecular weight is 490 g/mol. The fourth-order valence-electron chi connectivity index (χ4n) is 6.54. The van der Waals surface area contributed by atoms with E-state index in [0.29, 0.717) is 41.9 Å². The van der Waals surface area contributed by atoms with Crippen LogP contribution in [0.15, 0.2) is 48.5 Å². The molecule has 5 rings (SSSR count). The first-order valence-electron chi connectivity index (χ1n) is 13.0. The summed E-state index contributed by atoms with van der Waals surface area (Å²) in [7, 11) is 0. The van der Waals surface area contributed by atoms with Gasteiger partial charge in [0.1, 0.15) is 5.84 Å². The van der Waals surface area contributed by atoms with Gasteiger partial charge < -0.3 is 20.9 Å². The molecule has 7 atom stereocenters. The van der Waals surface area contributed by atoms with E-state index in [4.69, 9.17) is 15.9 Å². The molecular formula is C29H35N3O4. The topological polar surface area (TPSA) is 126 Å². The van der Waals surface area contributed by atoms with Crippen LogP contribution in [0, 0.1) is 35.0 Å². The van der Waals surface area contributed by atoms with E-state index in [0.717, 1.165) is 17.0 Å². The van der Waals surface area contributed by atoms with Crippen molar-refractivity contribution in [1.82, 2.24) is 5.32 Å². The molecule has 3 fully saturated rings. The van der Waals surface area contributed by atoms with E-state index < -0.39 is 18.1 Å². The molecule has 5 unspecified atom stereocenters. The first-order chi connectivity index (χ1) is 17.3. The van der Waals surface area contributed by atoms with Crippen molar-refractivity contribution >= 4 is 17.7 Å². The van der Waals surface area contributed by atoms with Crippen LogP contribution in [0.4, 0.5) is 0 Å². The quantitative estimate of drug-likeness (QED) is 0.255. The first kappa shape index (κ1) is 24.5. The van der Waals surface area contributed by atoms with E-state index in [9.17, 15) is 14.7 Å². The molecule has 1 saturated heterocycles. The van der Waals surface area contributed by atoms with E-state index in [1.165, 1.54) is 19.3 Å². The minimum Gasteiger partial charge on any atom is -0.465 e.